The van der Waals surface area contributed by atoms with Crippen molar-refractivity contribution in [1.82, 2.24) is 4.72 Å². The molecule has 0 heterocycles. The number of aryl methyl sites for hydroxylation is 1. The molecular weight excluding hydrogens is 318 g/mol. The van der Waals surface area contributed by atoms with Gasteiger partial charge in [-0.3, -0.25) is 4.79 Å². The number of hydrogen-bond donors (Lipinski definition) is 3. The standard InChI is InChI=1S/C15H15N3O4S/c1-10-5-2-3-8-13(10)23(21,22)18-14(19)11-6-4-7-12(9-11)17-15(16)20/h2-9H,1H3,(H,18,19)(H3,16,17,20). The Morgan fingerprint density at radius 1 is 1.04 bits per heavy atom. The first-order valence-electron chi connectivity index (χ1n) is 6.59. The van der Waals surface area contributed by atoms with Crippen molar-refractivity contribution >= 4 is 27.6 Å². The predicted octanol–water partition coefficient (Wildman–Crippen LogP) is 1.60. The van der Waals surface area contributed by atoms with Gasteiger partial charge in [0.25, 0.3) is 15.9 Å². The Bertz CT molecular complexity index is 863. The smallest absolute Gasteiger partial charge is 0.316 e. The van der Waals surface area contributed by atoms with Crippen molar-refractivity contribution in [3.05, 3.63) is 59.7 Å². The first-order valence-corrected chi connectivity index (χ1v) is 8.07. The number of carbonyl (C=O) groups is 2. The molecular formula is C15H15N3O4S. The van der Waals surface area contributed by atoms with Crippen LogP contribution in [0.15, 0.2) is 53.4 Å². The summed E-state index contributed by atoms with van der Waals surface area (Å²) in [6.07, 6.45) is 0. The molecule has 2 aromatic carbocycles. The van der Waals surface area contributed by atoms with Gasteiger partial charge < -0.3 is 11.1 Å². The van der Waals surface area contributed by atoms with Gasteiger partial charge in [0.15, 0.2) is 0 Å². The highest BCUT2D eigenvalue weighted by atomic mass is 32.2. The van der Waals surface area contributed by atoms with Crippen LogP contribution < -0.4 is 15.8 Å². The van der Waals surface area contributed by atoms with E-state index < -0.39 is 22.0 Å². The zero-order valence-corrected chi connectivity index (χ0v) is 13.1. The van der Waals surface area contributed by atoms with Crippen LogP contribution in [0.25, 0.3) is 0 Å². The summed E-state index contributed by atoms with van der Waals surface area (Å²) in [5.74, 6) is -0.804. The number of nitrogens with one attached hydrogen (secondary N) is 2. The molecule has 0 aliphatic heterocycles. The van der Waals surface area contributed by atoms with Crippen LogP contribution in [0.5, 0.6) is 0 Å². The maximum atomic E-state index is 12.3. The molecule has 8 heteroatoms. The number of primary amides is 1. The average Bonchev–Trinajstić information content (AvgIpc) is 2.46. The number of rotatable bonds is 4. The van der Waals surface area contributed by atoms with Gasteiger partial charge in [-0.2, -0.15) is 0 Å². The Kier molecular flexibility index (Phi) is 4.65. The van der Waals surface area contributed by atoms with Crippen molar-refractivity contribution < 1.29 is 18.0 Å². The van der Waals surface area contributed by atoms with E-state index in [4.69, 9.17) is 5.73 Å². The first-order chi connectivity index (χ1) is 10.8. The van der Waals surface area contributed by atoms with Crippen LogP contribution in [0.3, 0.4) is 0 Å². The van der Waals surface area contributed by atoms with Gasteiger partial charge in [-0.25, -0.2) is 17.9 Å². The summed E-state index contributed by atoms with van der Waals surface area (Å²) in [4.78, 5) is 23.0. The van der Waals surface area contributed by atoms with Crippen LogP contribution in [0.2, 0.25) is 0 Å². The number of nitrogens with two attached hydrogens (primary N) is 1. The largest absolute Gasteiger partial charge is 0.351 e. The van der Waals surface area contributed by atoms with Gasteiger partial charge in [0, 0.05) is 11.3 Å². The lowest BCUT2D eigenvalue weighted by molar-refractivity contribution is 0.0981. The van der Waals surface area contributed by atoms with E-state index in [2.05, 4.69) is 5.32 Å². The van der Waals surface area contributed by atoms with E-state index >= 15 is 0 Å². The average molecular weight is 333 g/mol. The number of carbonyl (C=O) groups excluding carboxylic acids is 2. The van der Waals surface area contributed by atoms with E-state index in [9.17, 15) is 18.0 Å². The lowest BCUT2D eigenvalue weighted by Gasteiger charge is -2.10. The molecule has 3 amide bonds. The highest BCUT2D eigenvalue weighted by Crippen LogP contribution is 2.15. The summed E-state index contributed by atoms with van der Waals surface area (Å²) < 4.78 is 26.6. The van der Waals surface area contributed by atoms with Gasteiger partial charge in [-0.15, -0.1) is 0 Å². The lowest BCUT2D eigenvalue weighted by atomic mass is 10.2. The van der Waals surface area contributed by atoms with Crippen molar-refractivity contribution in [2.45, 2.75) is 11.8 Å². The third-order valence-electron chi connectivity index (χ3n) is 3.00. The molecule has 7 nitrogen and oxygen atoms in total. The maximum Gasteiger partial charge on any atom is 0.316 e. The van der Waals surface area contributed by atoms with Crippen molar-refractivity contribution in [3.63, 3.8) is 0 Å². The van der Waals surface area contributed by atoms with Gasteiger partial charge in [0.2, 0.25) is 0 Å². The fourth-order valence-corrected chi connectivity index (χ4v) is 3.20. The van der Waals surface area contributed by atoms with Gasteiger partial charge >= 0.3 is 6.03 Å². The summed E-state index contributed by atoms with van der Waals surface area (Å²) in [6, 6.07) is 11.3. The third kappa shape index (κ3) is 4.07. The summed E-state index contributed by atoms with van der Waals surface area (Å²) >= 11 is 0. The third-order valence-corrected chi connectivity index (χ3v) is 4.49. The van der Waals surface area contributed by atoms with E-state index in [1.54, 1.807) is 25.1 Å². The molecule has 120 valence electrons. The van der Waals surface area contributed by atoms with Crippen molar-refractivity contribution in [3.8, 4) is 0 Å². The predicted molar refractivity (Wildman–Crippen MR) is 85.5 cm³/mol. The molecule has 2 aromatic rings. The topological polar surface area (TPSA) is 118 Å². The maximum absolute atomic E-state index is 12.3. The highest BCUT2D eigenvalue weighted by molar-refractivity contribution is 7.90. The molecule has 0 unspecified atom stereocenters. The Morgan fingerprint density at radius 3 is 2.39 bits per heavy atom. The van der Waals surface area contributed by atoms with Gasteiger partial charge in [-0.1, -0.05) is 24.3 Å². The van der Waals surface area contributed by atoms with Crippen LogP contribution in [0.1, 0.15) is 15.9 Å². The minimum atomic E-state index is -3.99. The number of amides is 3. The second-order valence-electron chi connectivity index (χ2n) is 4.77. The van der Waals surface area contributed by atoms with Gasteiger partial charge in [-0.05, 0) is 36.8 Å². The Hall–Kier alpha value is -2.87. The minimum Gasteiger partial charge on any atom is -0.351 e. The highest BCUT2D eigenvalue weighted by Gasteiger charge is 2.20. The Morgan fingerprint density at radius 2 is 1.74 bits per heavy atom. The fourth-order valence-electron chi connectivity index (χ4n) is 1.97. The van der Waals surface area contributed by atoms with Crippen LogP contribution in [0, 0.1) is 6.92 Å². The van der Waals surface area contributed by atoms with Crippen LogP contribution in [-0.4, -0.2) is 20.4 Å². The van der Waals surface area contributed by atoms with Crippen LogP contribution in [-0.2, 0) is 10.0 Å². The molecule has 4 N–H and O–H groups in total. The molecule has 0 saturated carbocycles. The molecule has 0 aliphatic carbocycles. The fraction of sp³-hybridized carbons (Fsp3) is 0.0667. The summed E-state index contributed by atoms with van der Waals surface area (Å²) in [5, 5.41) is 2.31. The second kappa shape index (κ2) is 6.49. The molecule has 0 radical (unpaired) electrons. The van der Waals surface area contributed by atoms with E-state index in [0.29, 0.717) is 11.3 Å². The number of sulfonamides is 1. The molecule has 0 spiro atoms. The van der Waals surface area contributed by atoms with Gasteiger partial charge in [0.1, 0.15) is 0 Å². The zero-order valence-electron chi connectivity index (χ0n) is 12.2. The number of anilines is 1. The Balaban J connectivity index is 2.25. The molecule has 0 saturated heterocycles. The van der Waals surface area contributed by atoms with Gasteiger partial charge in [0.05, 0.1) is 4.90 Å². The van der Waals surface area contributed by atoms with Crippen molar-refractivity contribution in [2.75, 3.05) is 5.32 Å². The number of hydrogen-bond acceptors (Lipinski definition) is 4. The lowest BCUT2D eigenvalue weighted by Crippen LogP contribution is -2.31. The summed E-state index contributed by atoms with van der Waals surface area (Å²) in [7, 11) is -3.99. The molecule has 0 aliphatic rings. The monoisotopic (exact) mass is 333 g/mol. The number of urea groups is 1. The first kappa shape index (κ1) is 16.5. The van der Waals surface area contributed by atoms with E-state index in [0.717, 1.165) is 0 Å². The summed E-state index contributed by atoms with van der Waals surface area (Å²) in [5.41, 5.74) is 5.89. The quantitative estimate of drug-likeness (QED) is 0.787. The second-order valence-corrected chi connectivity index (χ2v) is 6.42. The molecule has 0 aromatic heterocycles. The molecule has 0 fully saturated rings. The Labute approximate surface area is 133 Å². The van der Waals surface area contributed by atoms with E-state index in [1.165, 1.54) is 30.3 Å². The van der Waals surface area contributed by atoms with Crippen molar-refractivity contribution in [2.24, 2.45) is 5.73 Å². The number of benzene rings is 2. The van der Waals surface area contributed by atoms with Crippen LogP contribution >= 0.6 is 0 Å². The van der Waals surface area contributed by atoms with E-state index in [1.807, 2.05) is 4.72 Å². The van der Waals surface area contributed by atoms with Crippen LogP contribution in [0.4, 0.5) is 10.5 Å². The molecule has 2 rings (SSSR count). The SMILES string of the molecule is Cc1ccccc1S(=O)(=O)NC(=O)c1cccc(NC(N)=O)c1. The van der Waals surface area contributed by atoms with E-state index in [-0.39, 0.29) is 10.5 Å². The normalized spacial score (nSPS) is 10.8. The zero-order chi connectivity index (χ0) is 17.0. The molecule has 0 bridgehead atoms. The van der Waals surface area contributed by atoms with Crippen molar-refractivity contribution in [1.29, 1.82) is 0 Å². The molecule has 0 atom stereocenters. The molecule has 23 heavy (non-hydrogen) atoms. The minimum absolute atomic E-state index is 0.0276. The summed E-state index contributed by atoms with van der Waals surface area (Å²) in [6.45, 7) is 1.64.